The first-order valence-electron chi connectivity index (χ1n) is 7.64. The lowest BCUT2D eigenvalue weighted by Crippen LogP contribution is -2.52. The molecule has 2 amide bonds. The zero-order valence-corrected chi connectivity index (χ0v) is 13.0. The van der Waals surface area contributed by atoms with Gasteiger partial charge in [0.2, 0.25) is 0 Å². The summed E-state index contributed by atoms with van der Waals surface area (Å²) in [5.74, 6) is 0.241. The lowest BCUT2D eigenvalue weighted by Gasteiger charge is -2.33. The number of carbonyl (C=O) groups excluding carboxylic acids is 1. The van der Waals surface area contributed by atoms with Gasteiger partial charge in [-0.2, -0.15) is 0 Å². The number of carboxylic acids is 1. The van der Waals surface area contributed by atoms with Crippen molar-refractivity contribution < 1.29 is 14.7 Å². The second-order valence-corrected chi connectivity index (χ2v) is 6.28. The van der Waals surface area contributed by atoms with E-state index in [0.29, 0.717) is 11.8 Å². The summed E-state index contributed by atoms with van der Waals surface area (Å²) in [7, 11) is 0. The zero-order chi connectivity index (χ0) is 15.3. The Kier molecular flexibility index (Phi) is 6.30. The molecule has 0 saturated heterocycles. The summed E-state index contributed by atoms with van der Waals surface area (Å²) in [6.07, 6.45) is 3.77. The number of nitrogens with one attached hydrogen (secondary N) is 2. The average molecular weight is 284 g/mol. The second kappa shape index (κ2) is 7.50. The molecule has 1 saturated carbocycles. The predicted octanol–water partition coefficient (Wildman–Crippen LogP) is 2.61. The molecule has 0 heterocycles. The Labute approximate surface area is 121 Å². The highest BCUT2D eigenvalue weighted by Gasteiger charge is 2.28. The molecule has 0 aromatic heterocycles. The maximum absolute atomic E-state index is 11.9. The number of aliphatic carboxylic acids is 1. The molecule has 20 heavy (non-hydrogen) atoms. The van der Waals surface area contributed by atoms with E-state index in [-0.39, 0.29) is 18.0 Å². The Morgan fingerprint density at radius 3 is 2.40 bits per heavy atom. The number of carbonyl (C=O) groups is 2. The standard InChI is InChI=1S/C15H28N2O3/c1-5-9(2)13(14(18)19)17-15(20)16-12-7-6-10(3)11(4)8-12/h9-13H,5-8H2,1-4H3,(H,18,19)(H2,16,17,20)/t9?,10?,11?,12?,13-/m0/s1. The summed E-state index contributed by atoms with van der Waals surface area (Å²) in [5, 5.41) is 14.7. The maximum atomic E-state index is 11.9. The van der Waals surface area contributed by atoms with Crippen molar-refractivity contribution in [2.45, 2.75) is 65.5 Å². The van der Waals surface area contributed by atoms with E-state index in [2.05, 4.69) is 24.5 Å². The van der Waals surface area contributed by atoms with Gasteiger partial charge in [0.25, 0.3) is 0 Å². The van der Waals surface area contributed by atoms with Crippen LogP contribution in [0.4, 0.5) is 4.79 Å². The highest BCUT2D eigenvalue weighted by Crippen LogP contribution is 2.29. The molecule has 1 aliphatic carbocycles. The molecule has 116 valence electrons. The summed E-state index contributed by atoms with van der Waals surface area (Å²) in [4.78, 5) is 23.1. The lowest BCUT2D eigenvalue weighted by molar-refractivity contribution is -0.140. The van der Waals surface area contributed by atoms with E-state index in [9.17, 15) is 9.59 Å². The highest BCUT2D eigenvalue weighted by molar-refractivity contribution is 5.82. The van der Waals surface area contributed by atoms with Crippen LogP contribution in [0.2, 0.25) is 0 Å². The summed E-state index contributed by atoms with van der Waals surface area (Å²) in [5.41, 5.74) is 0. The van der Waals surface area contributed by atoms with Crippen molar-refractivity contribution in [2.75, 3.05) is 0 Å². The van der Waals surface area contributed by atoms with Crippen molar-refractivity contribution in [1.29, 1.82) is 0 Å². The van der Waals surface area contributed by atoms with E-state index < -0.39 is 12.0 Å². The average Bonchev–Trinajstić information content (AvgIpc) is 2.39. The Hall–Kier alpha value is -1.26. The molecule has 4 unspecified atom stereocenters. The van der Waals surface area contributed by atoms with Gasteiger partial charge in [-0.05, 0) is 37.0 Å². The van der Waals surface area contributed by atoms with Crippen molar-refractivity contribution in [3.8, 4) is 0 Å². The summed E-state index contributed by atoms with van der Waals surface area (Å²) < 4.78 is 0. The number of amides is 2. The topological polar surface area (TPSA) is 78.4 Å². The molecule has 1 aliphatic rings. The zero-order valence-electron chi connectivity index (χ0n) is 13.0. The molecule has 0 spiro atoms. The molecular formula is C15H28N2O3. The number of hydrogen-bond acceptors (Lipinski definition) is 2. The molecule has 0 aromatic rings. The molecule has 0 radical (unpaired) electrons. The van der Waals surface area contributed by atoms with Gasteiger partial charge in [0.1, 0.15) is 6.04 Å². The quantitative estimate of drug-likeness (QED) is 0.726. The summed E-state index contributed by atoms with van der Waals surface area (Å²) >= 11 is 0. The second-order valence-electron chi connectivity index (χ2n) is 6.28. The lowest BCUT2D eigenvalue weighted by atomic mass is 9.79. The van der Waals surface area contributed by atoms with Crippen molar-refractivity contribution in [3.63, 3.8) is 0 Å². The number of rotatable bonds is 5. The fourth-order valence-corrected chi connectivity index (χ4v) is 2.73. The van der Waals surface area contributed by atoms with Crippen LogP contribution < -0.4 is 10.6 Å². The van der Waals surface area contributed by atoms with Crippen LogP contribution in [-0.4, -0.2) is 29.2 Å². The molecule has 5 atom stereocenters. The van der Waals surface area contributed by atoms with E-state index in [0.717, 1.165) is 25.7 Å². The van der Waals surface area contributed by atoms with E-state index in [1.165, 1.54) is 0 Å². The summed E-state index contributed by atoms with van der Waals surface area (Å²) in [6, 6.07) is -1.02. The normalized spacial score (nSPS) is 29.3. The van der Waals surface area contributed by atoms with Crippen molar-refractivity contribution in [1.82, 2.24) is 10.6 Å². The van der Waals surface area contributed by atoms with Gasteiger partial charge in [-0.1, -0.05) is 34.1 Å². The summed E-state index contributed by atoms with van der Waals surface area (Å²) in [6.45, 7) is 8.20. The largest absolute Gasteiger partial charge is 0.480 e. The van der Waals surface area contributed by atoms with Crippen LogP contribution in [0.3, 0.4) is 0 Å². The molecule has 0 bridgehead atoms. The number of carboxylic acid groups (broad SMARTS) is 1. The predicted molar refractivity (Wildman–Crippen MR) is 78.5 cm³/mol. The smallest absolute Gasteiger partial charge is 0.326 e. The fraction of sp³-hybridized carbons (Fsp3) is 0.867. The molecular weight excluding hydrogens is 256 g/mol. The van der Waals surface area contributed by atoms with Gasteiger partial charge in [0.05, 0.1) is 0 Å². The van der Waals surface area contributed by atoms with E-state index >= 15 is 0 Å². The molecule has 0 aromatic carbocycles. The molecule has 5 heteroatoms. The Morgan fingerprint density at radius 2 is 1.90 bits per heavy atom. The van der Waals surface area contributed by atoms with Crippen LogP contribution in [0.15, 0.2) is 0 Å². The van der Waals surface area contributed by atoms with Gasteiger partial charge < -0.3 is 15.7 Å². The monoisotopic (exact) mass is 284 g/mol. The molecule has 1 rings (SSSR count). The molecule has 0 aliphatic heterocycles. The highest BCUT2D eigenvalue weighted by atomic mass is 16.4. The third-order valence-electron chi connectivity index (χ3n) is 4.70. The Morgan fingerprint density at radius 1 is 1.25 bits per heavy atom. The van der Waals surface area contributed by atoms with Gasteiger partial charge >= 0.3 is 12.0 Å². The Bertz CT molecular complexity index is 346. The van der Waals surface area contributed by atoms with Gasteiger partial charge in [-0.25, -0.2) is 9.59 Å². The van der Waals surface area contributed by atoms with Crippen LogP contribution in [0.25, 0.3) is 0 Å². The first-order chi connectivity index (χ1) is 9.35. The first kappa shape index (κ1) is 16.8. The molecule has 5 nitrogen and oxygen atoms in total. The minimum Gasteiger partial charge on any atom is -0.480 e. The minimum absolute atomic E-state index is 0.0800. The molecule has 3 N–H and O–H groups in total. The third kappa shape index (κ3) is 4.69. The van der Waals surface area contributed by atoms with Crippen LogP contribution in [-0.2, 0) is 4.79 Å². The van der Waals surface area contributed by atoms with E-state index in [4.69, 9.17) is 5.11 Å². The van der Waals surface area contributed by atoms with Crippen LogP contribution >= 0.6 is 0 Å². The van der Waals surface area contributed by atoms with Crippen LogP contribution in [0, 0.1) is 17.8 Å². The van der Waals surface area contributed by atoms with E-state index in [1.54, 1.807) is 0 Å². The van der Waals surface area contributed by atoms with Crippen molar-refractivity contribution >= 4 is 12.0 Å². The van der Waals surface area contributed by atoms with Crippen molar-refractivity contribution in [2.24, 2.45) is 17.8 Å². The van der Waals surface area contributed by atoms with Gasteiger partial charge in [0, 0.05) is 6.04 Å². The SMILES string of the molecule is CCC(C)[C@H](NC(=O)NC1CCC(C)C(C)C1)C(=O)O. The van der Waals surface area contributed by atoms with Gasteiger partial charge in [-0.15, -0.1) is 0 Å². The molecule has 1 fully saturated rings. The third-order valence-corrected chi connectivity index (χ3v) is 4.70. The number of urea groups is 1. The van der Waals surface area contributed by atoms with E-state index in [1.807, 2.05) is 13.8 Å². The van der Waals surface area contributed by atoms with Crippen LogP contribution in [0.5, 0.6) is 0 Å². The first-order valence-corrected chi connectivity index (χ1v) is 7.64. The number of hydrogen-bond donors (Lipinski definition) is 3. The maximum Gasteiger partial charge on any atom is 0.326 e. The van der Waals surface area contributed by atoms with Gasteiger partial charge in [0.15, 0.2) is 0 Å². The fourth-order valence-electron chi connectivity index (χ4n) is 2.73. The Balaban J connectivity index is 2.48. The van der Waals surface area contributed by atoms with Crippen molar-refractivity contribution in [3.05, 3.63) is 0 Å². The van der Waals surface area contributed by atoms with Crippen LogP contribution in [0.1, 0.15) is 53.4 Å². The van der Waals surface area contributed by atoms with Gasteiger partial charge in [-0.3, -0.25) is 0 Å². The minimum atomic E-state index is -0.972.